The average Bonchev–Trinajstić information content (AvgIpc) is 3.46. The van der Waals surface area contributed by atoms with Gasteiger partial charge in [-0.1, -0.05) is 0 Å². The second-order valence-corrected chi connectivity index (χ2v) is 7.87. The smallest absolute Gasteiger partial charge is 0.420 e. The quantitative estimate of drug-likeness (QED) is 0.462. The molecule has 8 nitrogen and oxygen atoms in total. The molecule has 0 aliphatic carbocycles. The van der Waals surface area contributed by atoms with Crippen LogP contribution < -0.4 is 20.7 Å². The number of pyridine rings is 1. The van der Waals surface area contributed by atoms with Gasteiger partial charge in [0, 0.05) is 48.3 Å². The Labute approximate surface area is 187 Å². The number of carbonyl (C=O) groups excluding carboxylic acids is 1. The van der Waals surface area contributed by atoms with Crippen molar-refractivity contribution in [1.82, 2.24) is 15.2 Å². The lowest BCUT2D eigenvalue weighted by Crippen LogP contribution is -2.24. The van der Waals surface area contributed by atoms with Crippen LogP contribution >= 0.6 is 11.6 Å². The molecule has 1 saturated heterocycles. The lowest BCUT2D eigenvalue weighted by atomic mass is 10.1. The number of halogens is 3. The van der Waals surface area contributed by atoms with Crippen molar-refractivity contribution in [3.8, 4) is 17.0 Å². The molecule has 0 saturated carbocycles. The van der Waals surface area contributed by atoms with Crippen molar-refractivity contribution in [3.05, 3.63) is 54.4 Å². The molecule has 1 atom stereocenters. The van der Waals surface area contributed by atoms with Gasteiger partial charge >= 0.3 is 5.57 Å². The molecular weight excluding hydrogens is 442 g/mol. The highest BCUT2D eigenvalue weighted by molar-refractivity contribution is 6.20. The molecule has 2 aromatic heterocycles. The Bertz CT molecular complexity index is 1070. The third-order valence-corrected chi connectivity index (χ3v) is 5.26. The first kappa shape index (κ1) is 22.0. The summed E-state index contributed by atoms with van der Waals surface area (Å²) in [6.07, 6.45) is 4.12. The lowest BCUT2D eigenvalue weighted by Gasteiger charge is -2.21. The zero-order valence-electron chi connectivity index (χ0n) is 16.9. The molecule has 0 bridgehead atoms. The van der Waals surface area contributed by atoms with Crippen LogP contribution in [0.15, 0.2) is 48.8 Å². The fourth-order valence-electron chi connectivity index (χ4n) is 3.60. The zero-order valence-corrected chi connectivity index (χ0v) is 17.6. The molecule has 4 rings (SSSR count). The summed E-state index contributed by atoms with van der Waals surface area (Å²) in [7, 11) is 0. The Kier molecular flexibility index (Phi) is 6.24. The van der Waals surface area contributed by atoms with Crippen LogP contribution in [-0.4, -0.2) is 46.3 Å². The largest absolute Gasteiger partial charge is 0.487 e. The van der Waals surface area contributed by atoms with Gasteiger partial charge in [-0.3, -0.25) is 9.89 Å². The van der Waals surface area contributed by atoms with E-state index in [1.165, 1.54) is 30.5 Å². The number of ether oxygens (including phenoxy) is 1. The topological polar surface area (TPSA) is 109 Å². The van der Waals surface area contributed by atoms with Crippen LogP contribution in [0.2, 0.25) is 0 Å². The van der Waals surface area contributed by atoms with Gasteiger partial charge in [0.15, 0.2) is 0 Å². The van der Waals surface area contributed by atoms with E-state index in [2.05, 4.69) is 30.1 Å². The van der Waals surface area contributed by atoms with Crippen molar-refractivity contribution < 1.29 is 18.3 Å². The number of benzene rings is 1. The van der Waals surface area contributed by atoms with E-state index in [9.17, 15) is 13.6 Å². The van der Waals surface area contributed by atoms with Gasteiger partial charge in [0.1, 0.15) is 11.6 Å². The molecule has 1 amide bonds. The van der Waals surface area contributed by atoms with Gasteiger partial charge in [0.05, 0.1) is 11.3 Å². The number of nitrogens with two attached hydrogens (primary N) is 1. The maximum absolute atomic E-state index is 12.8. The fourth-order valence-corrected chi connectivity index (χ4v) is 3.69. The molecule has 11 heteroatoms. The average molecular weight is 463 g/mol. The number of hydrogen-bond acceptors (Lipinski definition) is 6. The highest BCUT2D eigenvalue weighted by atomic mass is 35.5. The highest BCUT2D eigenvalue weighted by Crippen LogP contribution is 2.32. The van der Waals surface area contributed by atoms with Crippen molar-refractivity contribution in [2.24, 2.45) is 11.7 Å². The predicted octanol–water partition coefficient (Wildman–Crippen LogP) is 3.68. The number of rotatable bonds is 7. The minimum atomic E-state index is -3.80. The van der Waals surface area contributed by atoms with Crippen LogP contribution in [0, 0.1) is 5.92 Å². The minimum Gasteiger partial charge on any atom is -0.420 e. The third-order valence-electron chi connectivity index (χ3n) is 5.18. The number of amides is 1. The summed E-state index contributed by atoms with van der Waals surface area (Å²) in [6, 6.07) is 8.99. The molecule has 3 aromatic rings. The Morgan fingerprint density at radius 2 is 2.12 bits per heavy atom. The number of aromatic nitrogens is 3. The summed E-state index contributed by atoms with van der Waals surface area (Å²) >= 11 is 4.76. The van der Waals surface area contributed by atoms with E-state index in [0.29, 0.717) is 23.7 Å². The molecule has 1 fully saturated rings. The molecular formula is C21H21ClF2N6O2. The van der Waals surface area contributed by atoms with E-state index in [4.69, 9.17) is 17.3 Å². The van der Waals surface area contributed by atoms with Crippen molar-refractivity contribution >= 4 is 29.0 Å². The van der Waals surface area contributed by atoms with E-state index < -0.39 is 11.5 Å². The van der Waals surface area contributed by atoms with Crippen LogP contribution in [0.3, 0.4) is 0 Å². The lowest BCUT2D eigenvalue weighted by molar-refractivity contribution is -0.0964. The van der Waals surface area contributed by atoms with Crippen LogP contribution in [0.5, 0.6) is 5.75 Å². The van der Waals surface area contributed by atoms with Gasteiger partial charge in [0.2, 0.25) is 0 Å². The van der Waals surface area contributed by atoms with Gasteiger partial charge in [-0.05, 0) is 55.3 Å². The SMILES string of the molecule is NC[C@@H]1CCN(c2ncc(C(=O)Nc3ccc(OC(F)(F)Cl)cc3)cc2-c2ccn[nH]2)C1. The Hall–Kier alpha value is -3.24. The van der Waals surface area contributed by atoms with E-state index in [1.54, 1.807) is 12.3 Å². The van der Waals surface area contributed by atoms with E-state index in [-0.39, 0.29) is 5.75 Å². The molecule has 3 heterocycles. The maximum atomic E-state index is 12.8. The van der Waals surface area contributed by atoms with Gasteiger partial charge in [0.25, 0.3) is 5.91 Å². The summed E-state index contributed by atoms with van der Waals surface area (Å²) in [5.41, 5.74) is 4.23. The highest BCUT2D eigenvalue weighted by Gasteiger charge is 2.28. The monoisotopic (exact) mass is 462 g/mol. The van der Waals surface area contributed by atoms with Crippen LogP contribution in [0.25, 0.3) is 11.3 Å². The summed E-state index contributed by atoms with van der Waals surface area (Å²) in [5.74, 6) is 0.629. The third kappa shape index (κ3) is 5.14. The molecule has 168 valence electrons. The van der Waals surface area contributed by atoms with Crippen molar-refractivity contribution in [2.45, 2.75) is 12.0 Å². The number of aromatic amines is 1. The van der Waals surface area contributed by atoms with Crippen molar-refractivity contribution in [2.75, 3.05) is 29.9 Å². The second kappa shape index (κ2) is 9.09. The van der Waals surface area contributed by atoms with E-state index in [0.717, 1.165) is 36.6 Å². The van der Waals surface area contributed by atoms with E-state index >= 15 is 0 Å². The summed E-state index contributed by atoms with van der Waals surface area (Å²) in [6.45, 7) is 2.24. The first-order valence-corrected chi connectivity index (χ1v) is 10.3. The number of nitrogens with one attached hydrogen (secondary N) is 2. The molecule has 0 unspecified atom stereocenters. The molecule has 0 radical (unpaired) electrons. The molecule has 1 aromatic carbocycles. The summed E-state index contributed by atoms with van der Waals surface area (Å²) in [4.78, 5) is 19.5. The summed E-state index contributed by atoms with van der Waals surface area (Å²) in [5, 5.41) is 9.65. The molecule has 4 N–H and O–H groups in total. The van der Waals surface area contributed by atoms with Crippen LogP contribution in [-0.2, 0) is 0 Å². The van der Waals surface area contributed by atoms with Crippen molar-refractivity contribution in [3.63, 3.8) is 0 Å². The standard InChI is InChI=1S/C21H21ClF2N6O2/c22-21(23,24)32-16-3-1-15(2-4-16)28-20(31)14-9-17(18-5-7-27-29-18)19(26-11-14)30-8-6-13(10-25)12-30/h1-5,7,9,11,13H,6,8,10,12,25H2,(H,27,29)(H,28,31)/t13-/m0/s1. The molecule has 0 spiro atoms. The van der Waals surface area contributed by atoms with E-state index in [1.807, 2.05) is 6.07 Å². The Morgan fingerprint density at radius 3 is 2.75 bits per heavy atom. The first-order chi connectivity index (χ1) is 15.3. The maximum Gasteiger partial charge on any atom is 0.487 e. The minimum absolute atomic E-state index is 0.128. The van der Waals surface area contributed by atoms with Crippen molar-refractivity contribution in [1.29, 1.82) is 0 Å². The van der Waals surface area contributed by atoms with Gasteiger partial charge in [-0.25, -0.2) is 4.98 Å². The number of carbonyl (C=O) groups is 1. The van der Waals surface area contributed by atoms with Gasteiger partial charge in [-0.15, -0.1) is 8.78 Å². The fraction of sp³-hybridized carbons (Fsp3) is 0.286. The zero-order chi connectivity index (χ0) is 22.7. The number of H-pyrrole nitrogens is 1. The second-order valence-electron chi connectivity index (χ2n) is 7.43. The normalized spacial score (nSPS) is 16.2. The Morgan fingerprint density at radius 1 is 1.34 bits per heavy atom. The molecule has 32 heavy (non-hydrogen) atoms. The molecule has 1 aliphatic heterocycles. The number of nitrogens with zero attached hydrogens (tertiary/aromatic N) is 3. The number of anilines is 2. The first-order valence-electron chi connectivity index (χ1n) is 9.94. The Balaban J connectivity index is 1.54. The van der Waals surface area contributed by atoms with Crippen LogP contribution in [0.1, 0.15) is 16.8 Å². The van der Waals surface area contributed by atoms with Gasteiger partial charge < -0.3 is 20.7 Å². The number of hydrogen-bond donors (Lipinski definition) is 3. The van der Waals surface area contributed by atoms with Gasteiger partial charge in [-0.2, -0.15) is 5.10 Å². The predicted molar refractivity (Wildman–Crippen MR) is 117 cm³/mol. The summed E-state index contributed by atoms with van der Waals surface area (Å²) < 4.78 is 29.7. The van der Waals surface area contributed by atoms with Crippen LogP contribution in [0.4, 0.5) is 20.3 Å². The molecule has 1 aliphatic rings. The number of alkyl halides is 3.